The number of sulfonamides is 1. The van der Waals surface area contributed by atoms with E-state index in [2.05, 4.69) is 9.62 Å². The van der Waals surface area contributed by atoms with E-state index in [1.54, 1.807) is 24.3 Å². The van der Waals surface area contributed by atoms with Gasteiger partial charge in [-0.1, -0.05) is 12.1 Å². The molecule has 0 radical (unpaired) electrons. The first kappa shape index (κ1) is 14.0. The van der Waals surface area contributed by atoms with Crippen molar-refractivity contribution in [2.24, 2.45) is 5.73 Å². The lowest BCUT2D eigenvalue weighted by Gasteiger charge is -2.16. The van der Waals surface area contributed by atoms with Gasteiger partial charge in [0.1, 0.15) is 0 Å². The van der Waals surface area contributed by atoms with Crippen molar-refractivity contribution in [3.05, 3.63) is 29.8 Å². The third-order valence-corrected chi connectivity index (χ3v) is 5.61. The first-order chi connectivity index (χ1) is 9.58. The molecule has 2 aliphatic rings. The molecule has 1 saturated carbocycles. The summed E-state index contributed by atoms with van der Waals surface area (Å²) < 4.78 is 27.5. The van der Waals surface area contributed by atoms with E-state index in [-0.39, 0.29) is 6.04 Å². The first-order valence-corrected chi connectivity index (χ1v) is 8.62. The van der Waals surface area contributed by atoms with E-state index in [4.69, 9.17) is 5.73 Å². The van der Waals surface area contributed by atoms with Gasteiger partial charge in [0, 0.05) is 31.7 Å². The van der Waals surface area contributed by atoms with Crippen molar-refractivity contribution in [2.45, 2.75) is 42.8 Å². The highest BCUT2D eigenvalue weighted by Crippen LogP contribution is 2.30. The van der Waals surface area contributed by atoms with E-state index in [9.17, 15) is 8.42 Å². The second-order valence-electron chi connectivity index (χ2n) is 5.68. The summed E-state index contributed by atoms with van der Waals surface area (Å²) in [5.41, 5.74) is 6.45. The Balaban J connectivity index is 1.65. The number of hydrogen-bond donors (Lipinski definition) is 2. The van der Waals surface area contributed by atoms with Crippen LogP contribution in [0.25, 0.3) is 0 Å². The Hall–Kier alpha value is -0.950. The topological polar surface area (TPSA) is 75.4 Å². The van der Waals surface area contributed by atoms with Gasteiger partial charge < -0.3 is 5.73 Å². The Morgan fingerprint density at radius 1 is 1.20 bits per heavy atom. The van der Waals surface area contributed by atoms with Crippen LogP contribution in [-0.4, -0.2) is 38.5 Å². The molecule has 1 aliphatic carbocycles. The van der Waals surface area contributed by atoms with Gasteiger partial charge in [-0.15, -0.1) is 0 Å². The highest BCUT2D eigenvalue weighted by Gasteiger charge is 2.35. The molecule has 1 saturated heterocycles. The van der Waals surface area contributed by atoms with Crippen LogP contribution < -0.4 is 10.5 Å². The summed E-state index contributed by atoms with van der Waals surface area (Å²) in [7, 11) is -3.41. The summed E-state index contributed by atoms with van der Waals surface area (Å²) in [6.07, 6.45) is 3.43. The van der Waals surface area contributed by atoms with E-state index in [0.717, 1.165) is 25.1 Å². The lowest BCUT2D eigenvalue weighted by Crippen LogP contribution is -2.37. The Bertz CT molecular complexity index is 567. The Labute approximate surface area is 120 Å². The van der Waals surface area contributed by atoms with Crippen molar-refractivity contribution < 1.29 is 8.42 Å². The molecule has 0 amide bonds. The summed E-state index contributed by atoms with van der Waals surface area (Å²) >= 11 is 0. The molecule has 1 unspecified atom stereocenters. The lowest BCUT2D eigenvalue weighted by atomic mass is 10.2. The molecule has 5 nitrogen and oxygen atoms in total. The van der Waals surface area contributed by atoms with Crippen LogP contribution in [-0.2, 0) is 16.6 Å². The zero-order valence-corrected chi connectivity index (χ0v) is 12.3. The normalized spacial score (nSPS) is 24.1. The number of nitrogens with two attached hydrogens (primary N) is 1. The van der Waals surface area contributed by atoms with E-state index in [1.807, 2.05) is 0 Å². The summed E-state index contributed by atoms with van der Waals surface area (Å²) in [6, 6.07) is 7.51. The zero-order chi connectivity index (χ0) is 14.2. The quantitative estimate of drug-likeness (QED) is 0.837. The van der Waals surface area contributed by atoms with Crippen LogP contribution in [0.1, 0.15) is 24.8 Å². The molecule has 3 rings (SSSR count). The molecule has 1 atom stereocenters. The molecule has 0 spiro atoms. The predicted octanol–water partition coefficient (Wildman–Crippen LogP) is 0.660. The fourth-order valence-electron chi connectivity index (χ4n) is 2.75. The highest BCUT2D eigenvalue weighted by molar-refractivity contribution is 7.89. The minimum Gasteiger partial charge on any atom is -0.326 e. The summed E-state index contributed by atoms with van der Waals surface area (Å²) in [4.78, 5) is 2.71. The second-order valence-corrected chi connectivity index (χ2v) is 7.40. The van der Waals surface area contributed by atoms with E-state index < -0.39 is 10.0 Å². The van der Waals surface area contributed by atoms with Gasteiger partial charge in [0.2, 0.25) is 10.0 Å². The van der Waals surface area contributed by atoms with Gasteiger partial charge in [-0.3, -0.25) is 4.90 Å². The number of hydrogen-bond acceptors (Lipinski definition) is 4. The van der Waals surface area contributed by atoms with Crippen molar-refractivity contribution in [3.63, 3.8) is 0 Å². The Kier molecular flexibility index (Phi) is 3.81. The minimum atomic E-state index is -3.41. The fourth-order valence-corrected chi connectivity index (χ4v) is 4.01. The molecule has 1 heterocycles. The monoisotopic (exact) mass is 295 g/mol. The van der Waals surface area contributed by atoms with Crippen molar-refractivity contribution in [2.75, 3.05) is 13.1 Å². The minimum absolute atomic E-state index is 0.0368. The van der Waals surface area contributed by atoms with Gasteiger partial charge in [-0.2, -0.15) is 0 Å². The van der Waals surface area contributed by atoms with E-state index in [0.29, 0.717) is 17.5 Å². The van der Waals surface area contributed by atoms with Gasteiger partial charge in [0.15, 0.2) is 0 Å². The van der Waals surface area contributed by atoms with Gasteiger partial charge in [0.05, 0.1) is 4.90 Å². The molecular weight excluding hydrogens is 274 g/mol. The lowest BCUT2D eigenvalue weighted by molar-refractivity contribution is 0.322. The molecule has 1 aromatic rings. The molecule has 110 valence electrons. The average molecular weight is 295 g/mol. The number of nitrogens with one attached hydrogen (secondary N) is 1. The highest BCUT2D eigenvalue weighted by atomic mass is 32.2. The molecule has 3 N–H and O–H groups in total. The molecule has 20 heavy (non-hydrogen) atoms. The largest absolute Gasteiger partial charge is 0.326 e. The van der Waals surface area contributed by atoms with Crippen LogP contribution in [0.3, 0.4) is 0 Å². The number of likely N-dealkylation sites (tertiary alicyclic amines) is 1. The van der Waals surface area contributed by atoms with Crippen molar-refractivity contribution in [3.8, 4) is 0 Å². The zero-order valence-electron chi connectivity index (χ0n) is 11.5. The van der Waals surface area contributed by atoms with Gasteiger partial charge in [-0.05, 0) is 37.0 Å². The molecule has 1 aliphatic heterocycles. The Morgan fingerprint density at radius 2 is 1.90 bits per heavy atom. The van der Waals surface area contributed by atoms with Crippen LogP contribution in [0.4, 0.5) is 0 Å². The summed E-state index contributed by atoms with van der Waals surface area (Å²) in [5.74, 6) is 0. The maximum Gasteiger partial charge on any atom is 0.240 e. The molecule has 2 fully saturated rings. The maximum atomic E-state index is 12.3. The van der Waals surface area contributed by atoms with Crippen LogP contribution in [0.15, 0.2) is 29.2 Å². The van der Waals surface area contributed by atoms with Crippen LogP contribution in [0.2, 0.25) is 0 Å². The van der Waals surface area contributed by atoms with Crippen LogP contribution in [0, 0.1) is 0 Å². The van der Waals surface area contributed by atoms with E-state index >= 15 is 0 Å². The number of nitrogens with zero attached hydrogens (tertiary/aromatic N) is 1. The summed E-state index contributed by atoms with van der Waals surface area (Å²) in [5, 5.41) is 0. The van der Waals surface area contributed by atoms with Crippen molar-refractivity contribution >= 4 is 10.0 Å². The molecular formula is C14H21N3O2S. The third-order valence-electron chi connectivity index (χ3n) is 4.07. The summed E-state index contributed by atoms with van der Waals surface area (Å²) in [6.45, 7) is 2.27. The molecule has 0 bridgehead atoms. The van der Waals surface area contributed by atoms with Gasteiger partial charge >= 0.3 is 0 Å². The van der Waals surface area contributed by atoms with Gasteiger partial charge in [-0.25, -0.2) is 13.1 Å². The van der Waals surface area contributed by atoms with E-state index in [1.165, 1.54) is 12.8 Å². The molecule has 0 aromatic heterocycles. The predicted molar refractivity (Wildman–Crippen MR) is 77.7 cm³/mol. The maximum absolute atomic E-state index is 12.3. The first-order valence-electron chi connectivity index (χ1n) is 7.14. The van der Waals surface area contributed by atoms with Gasteiger partial charge in [0.25, 0.3) is 0 Å². The number of benzene rings is 1. The van der Waals surface area contributed by atoms with Crippen LogP contribution in [0.5, 0.6) is 0 Å². The second kappa shape index (κ2) is 5.44. The van der Waals surface area contributed by atoms with Crippen molar-refractivity contribution in [1.82, 2.24) is 9.62 Å². The number of rotatable bonds is 5. The smallest absolute Gasteiger partial charge is 0.240 e. The van der Waals surface area contributed by atoms with Crippen LogP contribution >= 0.6 is 0 Å². The third kappa shape index (κ3) is 3.03. The average Bonchev–Trinajstić information content (AvgIpc) is 3.20. The standard InChI is InChI=1S/C14H21N3O2S/c15-9-11-1-5-14(6-2-11)20(18,19)16-12-7-8-17(10-12)13-3-4-13/h1-2,5-6,12-13,16H,3-4,7-10,15H2. The Morgan fingerprint density at radius 3 is 2.50 bits per heavy atom. The molecule has 6 heteroatoms. The SMILES string of the molecule is NCc1ccc(S(=O)(=O)NC2CCN(C3CC3)C2)cc1. The molecule has 1 aromatic carbocycles. The fraction of sp³-hybridized carbons (Fsp3) is 0.571. The van der Waals surface area contributed by atoms with Crippen molar-refractivity contribution in [1.29, 1.82) is 0 Å².